The standard InChI is InChI=1S/C16H25ClFN3/c1-12(2)10-21-7-5-16(11-19,6-8-21)20-15-9-13(18)3-4-14(15)17/h3-4,9,12,20H,5-8,10-11,19H2,1-2H3. The summed E-state index contributed by atoms with van der Waals surface area (Å²) in [4.78, 5) is 2.47. The molecule has 3 nitrogen and oxygen atoms in total. The van der Waals surface area contributed by atoms with E-state index in [1.165, 1.54) is 12.1 Å². The van der Waals surface area contributed by atoms with Crippen LogP contribution < -0.4 is 11.1 Å². The van der Waals surface area contributed by atoms with Crippen molar-refractivity contribution in [1.82, 2.24) is 4.90 Å². The van der Waals surface area contributed by atoms with Gasteiger partial charge in [-0.25, -0.2) is 4.39 Å². The minimum Gasteiger partial charge on any atom is -0.377 e. The molecule has 0 aliphatic carbocycles. The molecule has 1 heterocycles. The number of nitrogens with two attached hydrogens (primary N) is 1. The van der Waals surface area contributed by atoms with Crippen molar-refractivity contribution in [3.05, 3.63) is 29.0 Å². The van der Waals surface area contributed by atoms with Crippen LogP contribution >= 0.6 is 11.6 Å². The molecule has 2 rings (SSSR count). The molecule has 0 saturated carbocycles. The average Bonchev–Trinajstić information content (AvgIpc) is 2.45. The Morgan fingerprint density at radius 3 is 2.62 bits per heavy atom. The van der Waals surface area contributed by atoms with Crippen molar-refractivity contribution in [2.24, 2.45) is 11.7 Å². The highest BCUT2D eigenvalue weighted by atomic mass is 35.5. The molecule has 1 aromatic carbocycles. The number of piperidine rings is 1. The number of anilines is 1. The lowest BCUT2D eigenvalue weighted by Crippen LogP contribution is -2.54. The lowest BCUT2D eigenvalue weighted by Gasteiger charge is -2.43. The van der Waals surface area contributed by atoms with Crippen molar-refractivity contribution < 1.29 is 4.39 Å². The molecule has 0 aromatic heterocycles. The summed E-state index contributed by atoms with van der Waals surface area (Å²) in [5.41, 5.74) is 6.45. The molecule has 5 heteroatoms. The normalized spacial score (nSPS) is 19.0. The highest BCUT2D eigenvalue weighted by Gasteiger charge is 2.33. The first-order valence-corrected chi connectivity index (χ1v) is 7.97. The quantitative estimate of drug-likeness (QED) is 0.876. The summed E-state index contributed by atoms with van der Waals surface area (Å²) < 4.78 is 13.4. The van der Waals surface area contributed by atoms with E-state index < -0.39 is 0 Å². The molecule has 1 aliphatic rings. The Hall–Kier alpha value is -0.840. The molecule has 1 aliphatic heterocycles. The number of nitrogens with zero attached hydrogens (tertiary/aromatic N) is 1. The summed E-state index contributed by atoms with van der Waals surface area (Å²) in [6, 6.07) is 4.39. The predicted octanol–water partition coefficient (Wildman–Crippen LogP) is 3.34. The zero-order valence-electron chi connectivity index (χ0n) is 12.8. The van der Waals surface area contributed by atoms with Gasteiger partial charge in [-0.1, -0.05) is 25.4 Å². The number of likely N-dealkylation sites (tertiary alicyclic amines) is 1. The average molecular weight is 314 g/mol. The fourth-order valence-corrected chi connectivity index (χ4v) is 3.10. The molecule has 0 spiro atoms. The van der Waals surface area contributed by atoms with Gasteiger partial charge in [0.15, 0.2) is 0 Å². The molecule has 3 N–H and O–H groups in total. The first-order chi connectivity index (χ1) is 9.94. The van der Waals surface area contributed by atoms with Crippen LogP contribution in [0.25, 0.3) is 0 Å². The summed E-state index contributed by atoms with van der Waals surface area (Å²) in [5.74, 6) is 0.382. The van der Waals surface area contributed by atoms with Crippen LogP contribution in [0.1, 0.15) is 26.7 Å². The molecule has 21 heavy (non-hydrogen) atoms. The Morgan fingerprint density at radius 1 is 1.38 bits per heavy atom. The second kappa shape index (κ2) is 6.95. The zero-order chi connectivity index (χ0) is 15.5. The third-order valence-electron chi connectivity index (χ3n) is 4.16. The summed E-state index contributed by atoms with van der Waals surface area (Å²) in [6.07, 6.45) is 1.89. The molecule has 0 atom stereocenters. The Labute approximate surface area is 131 Å². The number of hydrogen-bond donors (Lipinski definition) is 2. The van der Waals surface area contributed by atoms with E-state index >= 15 is 0 Å². The maximum absolute atomic E-state index is 13.4. The smallest absolute Gasteiger partial charge is 0.125 e. The molecule has 118 valence electrons. The monoisotopic (exact) mass is 313 g/mol. The van der Waals surface area contributed by atoms with E-state index in [1.807, 2.05) is 0 Å². The van der Waals surface area contributed by atoms with Gasteiger partial charge in [-0.2, -0.15) is 0 Å². The topological polar surface area (TPSA) is 41.3 Å². The van der Waals surface area contributed by atoms with Crippen LogP contribution in [0, 0.1) is 11.7 Å². The van der Waals surface area contributed by atoms with Gasteiger partial charge in [0.05, 0.1) is 16.2 Å². The van der Waals surface area contributed by atoms with E-state index in [2.05, 4.69) is 24.1 Å². The number of benzene rings is 1. The Balaban J connectivity index is 2.05. The number of hydrogen-bond acceptors (Lipinski definition) is 3. The van der Waals surface area contributed by atoms with Crippen molar-refractivity contribution in [2.75, 3.05) is 31.5 Å². The molecule has 0 bridgehead atoms. The van der Waals surface area contributed by atoms with Crippen molar-refractivity contribution >= 4 is 17.3 Å². The van der Waals surface area contributed by atoms with Gasteiger partial charge in [0.25, 0.3) is 0 Å². The van der Waals surface area contributed by atoms with E-state index in [-0.39, 0.29) is 11.4 Å². The summed E-state index contributed by atoms with van der Waals surface area (Å²) in [5, 5.41) is 3.94. The summed E-state index contributed by atoms with van der Waals surface area (Å²) in [7, 11) is 0. The van der Waals surface area contributed by atoms with Gasteiger partial charge < -0.3 is 16.0 Å². The molecular formula is C16H25ClFN3. The largest absolute Gasteiger partial charge is 0.377 e. The third kappa shape index (κ3) is 4.31. The van der Waals surface area contributed by atoms with Crippen LogP contribution in [0.15, 0.2) is 18.2 Å². The van der Waals surface area contributed by atoms with Crippen molar-refractivity contribution in [3.63, 3.8) is 0 Å². The lowest BCUT2D eigenvalue weighted by atomic mass is 9.86. The van der Waals surface area contributed by atoms with Gasteiger partial charge in [-0.3, -0.25) is 0 Å². The van der Waals surface area contributed by atoms with Gasteiger partial charge in [-0.15, -0.1) is 0 Å². The molecular weight excluding hydrogens is 289 g/mol. The van der Waals surface area contributed by atoms with Crippen molar-refractivity contribution in [3.8, 4) is 0 Å². The van der Waals surface area contributed by atoms with Crippen molar-refractivity contribution in [1.29, 1.82) is 0 Å². The van der Waals surface area contributed by atoms with E-state index in [9.17, 15) is 4.39 Å². The fraction of sp³-hybridized carbons (Fsp3) is 0.625. The van der Waals surface area contributed by atoms with Crippen molar-refractivity contribution in [2.45, 2.75) is 32.2 Å². The van der Waals surface area contributed by atoms with Gasteiger partial charge in [0.1, 0.15) is 5.82 Å². The summed E-state index contributed by atoms with van der Waals surface area (Å²) in [6.45, 7) is 8.12. The van der Waals surface area contributed by atoms with E-state index in [0.29, 0.717) is 23.2 Å². The van der Waals surface area contributed by atoms with Gasteiger partial charge in [0, 0.05) is 26.2 Å². The SMILES string of the molecule is CC(C)CN1CCC(CN)(Nc2cc(F)ccc2Cl)CC1. The first-order valence-electron chi connectivity index (χ1n) is 7.60. The second-order valence-corrected chi connectivity index (χ2v) is 6.84. The summed E-state index contributed by atoms with van der Waals surface area (Å²) >= 11 is 6.15. The van der Waals surface area contributed by atoms with Crippen LogP contribution in [-0.4, -0.2) is 36.6 Å². The second-order valence-electron chi connectivity index (χ2n) is 6.43. The van der Waals surface area contributed by atoms with Crippen LogP contribution in [0.3, 0.4) is 0 Å². The van der Waals surface area contributed by atoms with Crippen LogP contribution in [0.2, 0.25) is 5.02 Å². The Morgan fingerprint density at radius 2 is 2.05 bits per heavy atom. The molecule has 1 saturated heterocycles. The van der Waals surface area contributed by atoms with E-state index in [4.69, 9.17) is 17.3 Å². The van der Waals surface area contributed by atoms with Crippen LogP contribution in [0.4, 0.5) is 10.1 Å². The van der Waals surface area contributed by atoms with Gasteiger partial charge in [0.2, 0.25) is 0 Å². The third-order valence-corrected chi connectivity index (χ3v) is 4.49. The van der Waals surface area contributed by atoms with Crippen LogP contribution in [-0.2, 0) is 0 Å². The van der Waals surface area contributed by atoms with Crippen LogP contribution in [0.5, 0.6) is 0 Å². The maximum Gasteiger partial charge on any atom is 0.125 e. The first kappa shape index (κ1) is 16.5. The number of rotatable bonds is 5. The Bertz CT molecular complexity index is 471. The number of halogens is 2. The van der Waals surface area contributed by atoms with Gasteiger partial charge >= 0.3 is 0 Å². The number of nitrogens with one attached hydrogen (secondary N) is 1. The molecule has 1 aromatic rings. The predicted molar refractivity (Wildman–Crippen MR) is 87.3 cm³/mol. The lowest BCUT2D eigenvalue weighted by molar-refractivity contribution is 0.161. The molecule has 0 radical (unpaired) electrons. The highest BCUT2D eigenvalue weighted by molar-refractivity contribution is 6.33. The highest BCUT2D eigenvalue weighted by Crippen LogP contribution is 2.31. The maximum atomic E-state index is 13.4. The van der Waals surface area contributed by atoms with E-state index in [0.717, 1.165) is 32.5 Å². The fourth-order valence-electron chi connectivity index (χ4n) is 2.94. The molecule has 1 fully saturated rings. The Kier molecular flexibility index (Phi) is 5.47. The molecule has 0 amide bonds. The van der Waals surface area contributed by atoms with E-state index in [1.54, 1.807) is 6.07 Å². The minimum atomic E-state index is -0.286. The minimum absolute atomic E-state index is 0.190. The molecule has 0 unspecified atom stereocenters. The zero-order valence-corrected chi connectivity index (χ0v) is 13.6. The van der Waals surface area contributed by atoms with Gasteiger partial charge in [-0.05, 0) is 37.0 Å².